The zero-order valence-electron chi connectivity index (χ0n) is 16.9. The van der Waals surface area contributed by atoms with E-state index in [0.29, 0.717) is 11.3 Å². The van der Waals surface area contributed by atoms with Crippen LogP contribution in [0.5, 0.6) is 0 Å². The van der Waals surface area contributed by atoms with Gasteiger partial charge in [-0.05, 0) is 38.1 Å². The summed E-state index contributed by atoms with van der Waals surface area (Å²) in [5, 5.41) is 16.2. The van der Waals surface area contributed by atoms with Gasteiger partial charge in [-0.1, -0.05) is 20.8 Å². The Morgan fingerprint density at radius 1 is 1.17 bits per heavy atom. The third kappa shape index (κ3) is 3.48. The van der Waals surface area contributed by atoms with Gasteiger partial charge in [-0.15, -0.1) is 5.10 Å². The van der Waals surface area contributed by atoms with Crippen molar-refractivity contribution in [3.05, 3.63) is 46.9 Å². The Hall–Kier alpha value is -3.23. The molecule has 2 aromatic rings. The normalized spacial score (nSPS) is 15.2. The second-order valence-electron chi connectivity index (χ2n) is 8.53. The predicted octanol–water partition coefficient (Wildman–Crippen LogP) is 3.42. The number of carbonyl (C=O) groups excluding carboxylic acids is 2. The molecule has 3 rings (SSSR count). The smallest absolute Gasteiger partial charge is 0.432 e. The molecule has 29 heavy (non-hydrogen) atoms. The summed E-state index contributed by atoms with van der Waals surface area (Å²) in [5.74, 6) is -1.11. The molecule has 2 heterocycles. The van der Waals surface area contributed by atoms with E-state index in [9.17, 15) is 23.9 Å². The number of nitrogens with zero attached hydrogens (tertiary/aromatic N) is 3. The van der Waals surface area contributed by atoms with Crippen LogP contribution in [0.3, 0.4) is 0 Å². The summed E-state index contributed by atoms with van der Waals surface area (Å²) in [7, 11) is 0. The third-order valence-electron chi connectivity index (χ3n) is 4.96. The van der Waals surface area contributed by atoms with Gasteiger partial charge in [0.15, 0.2) is 5.82 Å². The van der Waals surface area contributed by atoms with Crippen molar-refractivity contribution < 1.29 is 23.9 Å². The number of amides is 2. The molecule has 0 fully saturated rings. The molecular formula is C20H23FN4O4. The van der Waals surface area contributed by atoms with E-state index in [0.717, 1.165) is 16.8 Å². The van der Waals surface area contributed by atoms with Crippen LogP contribution in [0.2, 0.25) is 0 Å². The Balaban J connectivity index is 2.02. The number of carboxylic acid groups (broad SMARTS) is 1. The van der Waals surface area contributed by atoms with Gasteiger partial charge in [0.2, 0.25) is 5.91 Å². The van der Waals surface area contributed by atoms with E-state index in [1.165, 1.54) is 12.1 Å². The topological polar surface area (TPSA) is 105 Å². The first-order chi connectivity index (χ1) is 13.3. The summed E-state index contributed by atoms with van der Waals surface area (Å²) >= 11 is 0. The van der Waals surface area contributed by atoms with Crippen LogP contribution in [0.1, 0.15) is 56.2 Å². The lowest BCUT2D eigenvalue weighted by Gasteiger charge is -2.36. The van der Waals surface area contributed by atoms with Gasteiger partial charge >= 0.3 is 6.09 Å². The number of fused-ring (bicyclic) bond motifs is 1. The predicted molar refractivity (Wildman–Crippen MR) is 103 cm³/mol. The van der Waals surface area contributed by atoms with E-state index in [1.807, 2.05) is 0 Å². The molecule has 0 spiro atoms. The molecule has 8 nitrogen and oxygen atoms in total. The van der Waals surface area contributed by atoms with Gasteiger partial charge < -0.3 is 15.3 Å². The van der Waals surface area contributed by atoms with Gasteiger partial charge in [0.1, 0.15) is 5.82 Å². The quantitative estimate of drug-likeness (QED) is 0.801. The summed E-state index contributed by atoms with van der Waals surface area (Å²) in [6.07, 6.45) is -1.32. The van der Waals surface area contributed by atoms with Crippen molar-refractivity contribution in [3.63, 3.8) is 0 Å². The molecule has 0 atom stereocenters. The van der Waals surface area contributed by atoms with E-state index >= 15 is 0 Å². The Kier molecular flexibility index (Phi) is 4.72. The zero-order chi connectivity index (χ0) is 21.7. The number of aromatic nitrogens is 2. The number of nitrogens with one attached hydrogen (secondary N) is 1. The number of hydrogen-bond donors (Lipinski definition) is 2. The zero-order valence-corrected chi connectivity index (χ0v) is 16.9. The molecule has 9 heteroatoms. The Labute approximate surface area is 167 Å². The van der Waals surface area contributed by atoms with Gasteiger partial charge in [0, 0.05) is 16.5 Å². The molecule has 0 unspecified atom stereocenters. The summed E-state index contributed by atoms with van der Waals surface area (Å²) in [6, 6.07) is 4.95. The van der Waals surface area contributed by atoms with E-state index < -0.39 is 28.8 Å². The first-order valence-electron chi connectivity index (χ1n) is 9.08. The maximum atomic E-state index is 13.1. The Bertz CT molecular complexity index is 1000. The second kappa shape index (κ2) is 6.68. The molecule has 1 aliphatic heterocycles. The van der Waals surface area contributed by atoms with Crippen LogP contribution in [0.15, 0.2) is 24.3 Å². The molecule has 1 aromatic heterocycles. The van der Waals surface area contributed by atoms with Crippen molar-refractivity contribution >= 4 is 23.7 Å². The number of hydrogen-bond acceptors (Lipinski definition) is 4. The van der Waals surface area contributed by atoms with Gasteiger partial charge in [-0.25, -0.2) is 9.18 Å². The van der Waals surface area contributed by atoms with E-state index in [-0.39, 0.29) is 23.8 Å². The minimum atomic E-state index is -1.32. The average molecular weight is 402 g/mol. The molecule has 0 bridgehead atoms. The molecule has 1 aliphatic rings. The summed E-state index contributed by atoms with van der Waals surface area (Å²) < 4.78 is 13.9. The van der Waals surface area contributed by atoms with E-state index in [2.05, 4.69) is 10.4 Å². The number of rotatable bonds is 2. The van der Waals surface area contributed by atoms with Crippen LogP contribution in [0.4, 0.5) is 15.0 Å². The lowest BCUT2D eigenvalue weighted by atomic mass is 9.91. The van der Waals surface area contributed by atoms with Crippen molar-refractivity contribution in [2.45, 2.75) is 46.7 Å². The largest absolute Gasteiger partial charge is 0.463 e. The monoisotopic (exact) mass is 402 g/mol. The Morgan fingerprint density at radius 3 is 2.28 bits per heavy atom. The highest BCUT2D eigenvalue weighted by Crippen LogP contribution is 2.43. The molecule has 0 radical (unpaired) electrons. The maximum absolute atomic E-state index is 13.1. The van der Waals surface area contributed by atoms with Crippen LogP contribution >= 0.6 is 0 Å². The average Bonchev–Trinajstić information content (AvgIpc) is 3.10. The number of carbonyl (C=O) groups is 3. The Morgan fingerprint density at radius 2 is 1.76 bits per heavy atom. The summed E-state index contributed by atoms with van der Waals surface area (Å²) in [5.41, 5.74) is -0.615. The van der Waals surface area contributed by atoms with Crippen LogP contribution in [0, 0.1) is 11.2 Å². The van der Waals surface area contributed by atoms with Crippen molar-refractivity contribution in [1.82, 2.24) is 14.7 Å². The summed E-state index contributed by atoms with van der Waals surface area (Å²) in [4.78, 5) is 38.8. The van der Waals surface area contributed by atoms with Crippen LogP contribution < -0.4 is 5.32 Å². The fourth-order valence-corrected chi connectivity index (χ4v) is 3.46. The molecule has 0 aliphatic carbocycles. The van der Waals surface area contributed by atoms with Gasteiger partial charge in [0.05, 0.1) is 17.8 Å². The molecule has 2 N–H and O–H groups in total. The van der Waals surface area contributed by atoms with Crippen molar-refractivity contribution in [2.24, 2.45) is 5.41 Å². The fraction of sp³-hybridized carbons (Fsp3) is 0.400. The molecule has 0 saturated heterocycles. The number of benzene rings is 1. The third-order valence-corrected chi connectivity index (χ3v) is 4.96. The van der Waals surface area contributed by atoms with E-state index in [1.54, 1.807) is 39.5 Å². The fourth-order valence-electron chi connectivity index (χ4n) is 3.46. The van der Waals surface area contributed by atoms with Crippen LogP contribution in [-0.2, 0) is 16.9 Å². The first-order valence-corrected chi connectivity index (χ1v) is 9.08. The standard InChI is InChI=1S/C20H23FN4O4/c1-19(2,3)17(27)24-10-13-14(20(24,4)5)25(18(28)29)23-15(13)22-16(26)11-6-8-12(21)9-7-11/h6-9H,10H2,1-5H3,(H,28,29)(H,22,23,26). The van der Waals surface area contributed by atoms with Crippen LogP contribution in [-0.4, -0.2) is 37.7 Å². The molecular weight excluding hydrogens is 379 g/mol. The lowest BCUT2D eigenvalue weighted by molar-refractivity contribution is -0.145. The SMILES string of the molecule is CC(C)(C)C(=O)N1Cc2c(NC(=O)c3ccc(F)cc3)nn(C(=O)O)c2C1(C)C. The number of anilines is 1. The lowest BCUT2D eigenvalue weighted by Crippen LogP contribution is -2.46. The van der Waals surface area contributed by atoms with Crippen molar-refractivity contribution in [2.75, 3.05) is 5.32 Å². The highest BCUT2D eigenvalue weighted by Gasteiger charge is 2.48. The highest BCUT2D eigenvalue weighted by atomic mass is 19.1. The van der Waals surface area contributed by atoms with E-state index in [4.69, 9.17) is 0 Å². The van der Waals surface area contributed by atoms with Gasteiger partial charge in [-0.3, -0.25) is 9.59 Å². The van der Waals surface area contributed by atoms with Gasteiger partial charge in [0.25, 0.3) is 5.91 Å². The molecule has 1 aromatic carbocycles. The minimum absolute atomic E-state index is 0.0639. The first kappa shape index (κ1) is 20.5. The highest BCUT2D eigenvalue weighted by molar-refractivity contribution is 6.04. The minimum Gasteiger partial charge on any atom is -0.463 e. The second-order valence-corrected chi connectivity index (χ2v) is 8.53. The molecule has 154 valence electrons. The molecule has 0 saturated carbocycles. The molecule has 2 amide bonds. The summed E-state index contributed by atoms with van der Waals surface area (Å²) in [6.45, 7) is 8.97. The maximum Gasteiger partial charge on any atom is 0.432 e. The number of halogens is 1. The van der Waals surface area contributed by atoms with Crippen molar-refractivity contribution in [3.8, 4) is 0 Å². The van der Waals surface area contributed by atoms with Crippen molar-refractivity contribution in [1.29, 1.82) is 0 Å². The van der Waals surface area contributed by atoms with Crippen LogP contribution in [0.25, 0.3) is 0 Å². The van der Waals surface area contributed by atoms with Gasteiger partial charge in [-0.2, -0.15) is 4.68 Å².